The third-order valence-corrected chi connectivity index (χ3v) is 2.85. The van der Waals surface area contributed by atoms with Gasteiger partial charge in [0, 0.05) is 17.7 Å². The maximum Gasteiger partial charge on any atom is 0.273 e. The molecule has 0 spiro atoms. The molecule has 1 aromatic heterocycles. The molecule has 0 saturated carbocycles. The molecule has 1 amide bonds. The summed E-state index contributed by atoms with van der Waals surface area (Å²) in [5, 5.41) is 8.94. The van der Waals surface area contributed by atoms with E-state index in [9.17, 15) is 4.79 Å². The smallest absolute Gasteiger partial charge is 0.273 e. The molecule has 0 aliphatic heterocycles. The van der Waals surface area contributed by atoms with Crippen molar-refractivity contribution in [3.63, 3.8) is 0 Å². The molecule has 15 heavy (non-hydrogen) atoms. The van der Waals surface area contributed by atoms with Crippen LogP contribution >= 0.6 is 15.9 Å². The zero-order chi connectivity index (χ0) is 11.4. The Labute approximate surface area is 97.1 Å². The van der Waals surface area contributed by atoms with Crippen LogP contribution in [0.2, 0.25) is 0 Å². The Morgan fingerprint density at radius 1 is 1.73 bits per heavy atom. The quantitative estimate of drug-likeness (QED) is 0.903. The first-order chi connectivity index (χ1) is 7.07. The molecule has 0 bridgehead atoms. The first-order valence-corrected chi connectivity index (χ1v) is 5.35. The molecular formula is C10H13BrN2O2. The monoisotopic (exact) mass is 272 g/mol. The Morgan fingerprint density at radius 3 is 2.93 bits per heavy atom. The molecule has 1 aromatic rings. The number of rotatable bonds is 3. The fourth-order valence-electron chi connectivity index (χ4n) is 1.03. The average molecular weight is 273 g/mol. The van der Waals surface area contributed by atoms with E-state index in [1.165, 1.54) is 4.90 Å². The third-order valence-electron chi connectivity index (χ3n) is 2.21. The zero-order valence-corrected chi connectivity index (χ0v) is 10.2. The molecule has 1 atom stereocenters. The predicted octanol–water partition coefficient (Wildman–Crippen LogP) is 1.30. The van der Waals surface area contributed by atoms with Gasteiger partial charge in [0.15, 0.2) is 0 Å². The number of nitrogens with zero attached hydrogens (tertiary/aromatic N) is 2. The van der Waals surface area contributed by atoms with Crippen molar-refractivity contribution < 1.29 is 9.90 Å². The second-order valence-electron chi connectivity index (χ2n) is 3.28. The van der Waals surface area contributed by atoms with Gasteiger partial charge < -0.3 is 10.0 Å². The van der Waals surface area contributed by atoms with Crippen LogP contribution in [0.3, 0.4) is 0 Å². The van der Waals surface area contributed by atoms with Gasteiger partial charge in [-0.05, 0) is 35.0 Å². The van der Waals surface area contributed by atoms with Crippen LogP contribution in [0.5, 0.6) is 0 Å². The Hall–Kier alpha value is -0.940. The van der Waals surface area contributed by atoms with Crippen LogP contribution in [0.25, 0.3) is 0 Å². The van der Waals surface area contributed by atoms with Crippen LogP contribution < -0.4 is 0 Å². The Morgan fingerprint density at radius 2 is 2.40 bits per heavy atom. The lowest BCUT2D eigenvalue weighted by Gasteiger charge is -2.22. The van der Waals surface area contributed by atoms with Crippen LogP contribution in [0.1, 0.15) is 17.4 Å². The number of pyridine rings is 1. The topological polar surface area (TPSA) is 53.4 Å². The third kappa shape index (κ3) is 2.76. The number of aliphatic hydroxyl groups excluding tert-OH is 1. The fraction of sp³-hybridized carbons (Fsp3) is 0.400. The predicted molar refractivity (Wildman–Crippen MR) is 60.6 cm³/mol. The molecule has 82 valence electrons. The zero-order valence-electron chi connectivity index (χ0n) is 8.64. The molecule has 1 heterocycles. The van der Waals surface area contributed by atoms with E-state index in [1.807, 2.05) is 0 Å². The van der Waals surface area contributed by atoms with E-state index in [2.05, 4.69) is 20.9 Å². The Bertz CT molecular complexity index is 357. The normalized spacial score (nSPS) is 12.3. The van der Waals surface area contributed by atoms with Crippen molar-refractivity contribution in [3.05, 3.63) is 28.5 Å². The molecule has 1 rings (SSSR count). The van der Waals surface area contributed by atoms with E-state index in [-0.39, 0.29) is 18.6 Å². The van der Waals surface area contributed by atoms with E-state index < -0.39 is 0 Å². The number of halogens is 1. The van der Waals surface area contributed by atoms with Crippen molar-refractivity contribution in [2.75, 3.05) is 13.7 Å². The number of likely N-dealkylation sites (N-methyl/N-ethyl adjacent to an activating group) is 1. The van der Waals surface area contributed by atoms with E-state index in [4.69, 9.17) is 5.11 Å². The highest BCUT2D eigenvalue weighted by molar-refractivity contribution is 9.10. The lowest BCUT2D eigenvalue weighted by molar-refractivity contribution is 0.0675. The fourth-order valence-corrected chi connectivity index (χ4v) is 1.46. The minimum Gasteiger partial charge on any atom is -0.394 e. The highest BCUT2D eigenvalue weighted by atomic mass is 79.9. The largest absolute Gasteiger partial charge is 0.394 e. The number of aromatic nitrogens is 1. The molecule has 4 nitrogen and oxygen atoms in total. The summed E-state index contributed by atoms with van der Waals surface area (Å²) in [6, 6.07) is 3.29. The van der Waals surface area contributed by atoms with Gasteiger partial charge >= 0.3 is 0 Å². The minimum atomic E-state index is -0.216. The summed E-state index contributed by atoms with van der Waals surface area (Å²) in [6.07, 6.45) is 1.56. The van der Waals surface area contributed by atoms with Crippen molar-refractivity contribution >= 4 is 21.8 Å². The van der Waals surface area contributed by atoms with E-state index in [0.29, 0.717) is 10.2 Å². The van der Waals surface area contributed by atoms with Gasteiger partial charge in [-0.15, -0.1) is 0 Å². The summed E-state index contributed by atoms with van der Waals surface area (Å²) in [6.45, 7) is 1.71. The lowest BCUT2D eigenvalue weighted by atomic mass is 10.2. The molecule has 0 aliphatic rings. The Kier molecular flexibility index (Phi) is 4.23. The molecule has 0 fully saturated rings. The van der Waals surface area contributed by atoms with E-state index >= 15 is 0 Å². The number of amides is 1. The summed E-state index contributed by atoms with van der Waals surface area (Å²) in [5.41, 5.74) is 0.361. The first kappa shape index (κ1) is 12.1. The highest BCUT2D eigenvalue weighted by Gasteiger charge is 2.19. The number of carbonyl (C=O) groups excluding carboxylic acids is 1. The molecule has 0 saturated heterocycles. The highest BCUT2D eigenvalue weighted by Crippen LogP contribution is 2.15. The van der Waals surface area contributed by atoms with Gasteiger partial charge in [-0.2, -0.15) is 0 Å². The molecule has 0 aromatic carbocycles. The maximum absolute atomic E-state index is 11.9. The van der Waals surface area contributed by atoms with E-state index in [0.717, 1.165) is 0 Å². The van der Waals surface area contributed by atoms with Gasteiger partial charge in [-0.3, -0.25) is 4.79 Å². The minimum absolute atomic E-state index is 0.0628. The van der Waals surface area contributed by atoms with Crippen molar-refractivity contribution in [1.29, 1.82) is 0 Å². The second-order valence-corrected chi connectivity index (χ2v) is 4.14. The second kappa shape index (κ2) is 5.23. The molecule has 0 aliphatic carbocycles. The number of carbonyl (C=O) groups is 1. The van der Waals surface area contributed by atoms with Crippen LogP contribution in [0.4, 0.5) is 0 Å². The van der Waals surface area contributed by atoms with Gasteiger partial charge in [0.2, 0.25) is 0 Å². The van der Waals surface area contributed by atoms with Crippen LogP contribution in [0, 0.1) is 0 Å². The number of hydrogen-bond donors (Lipinski definition) is 1. The number of hydrogen-bond acceptors (Lipinski definition) is 3. The van der Waals surface area contributed by atoms with Gasteiger partial charge in [0.1, 0.15) is 5.69 Å². The lowest BCUT2D eigenvalue weighted by Crippen LogP contribution is -2.37. The average Bonchev–Trinajstić information content (AvgIpc) is 2.26. The summed E-state index contributed by atoms with van der Waals surface area (Å²) >= 11 is 3.26. The Balaban J connectivity index is 2.90. The van der Waals surface area contributed by atoms with Crippen LogP contribution in [-0.4, -0.2) is 40.6 Å². The van der Waals surface area contributed by atoms with Crippen LogP contribution in [0.15, 0.2) is 22.8 Å². The molecule has 5 heteroatoms. The van der Waals surface area contributed by atoms with Gasteiger partial charge in [0.25, 0.3) is 5.91 Å². The standard InChI is InChI=1S/C10H13BrN2O2/c1-7(6-14)13(2)10(15)9-8(11)4-3-5-12-9/h3-5,7,14H,6H2,1-2H3. The van der Waals surface area contributed by atoms with Crippen molar-refractivity contribution in [2.24, 2.45) is 0 Å². The maximum atomic E-state index is 11.9. The van der Waals surface area contributed by atoms with Crippen molar-refractivity contribution in [1.82, 2.24) is 9.88 Å². The summed E-state index contributed by atoms with van der Waals surface area (Å²) in [4.78, 5) is 17.3. The van der Waals surface area contributed by atoms with Gasteiger partial charge in [-0.25, -0.2) is 4.98 Å². The van der Waals surface area contributed by atoms with E-state index in [1.54, 1.807) is 32.3 Å². The van der Waals surface area contributed by atoms with Crippen LogP contribution in [-0.2, 0) is 0 Å². The number of aliphatic hydroxyl groups is 1. The van der Waals surface area contributed by atoms with Gasteiger partial charge in [0.05, 0.1) is 12.6 Å². The summed E-state index contributed by atoms with van der Waals surface area (Å²) in [5.74, 6) is -0.205. The molecule has 1 unspecified atom stereocenters. The van der Waals surface area contributed by atoms with Gasteiger partial charge in [-0.1, -0.05) is 0 Å². The molecule has 1 N–H and O–H groups in total. The van der Waals surface area contributed by atoms with Crippen molar-refractivity contribution in [2.45, 2.75) is 13.0 Å². The summed E-state index contributed by atoms with van der Waals surface area (Å²) < 4.78 is 0.659. The first-order valence-electron chi connectivity index (χ1n) is 4.56. The SMILES string of the molecule is CC(CO)N(C)C(=O)c1ncccc1Br. The molecule has 0 radical (unpaired) electrons. The van der Waals surface area contributed by atoms with Crippen molar-refractivity contribution in [3.8, 4) is 0 Å². The molecular weight excluding hydrogens is 260 g/mol. The summed E-state index contributed by atoms with van der Waals surface area (Å²) in [7, 11) is 1.64.